The predicted molar refractivity (Wildman–Crippen MR) is 72.7 cm³/mol. The van der Waals surface area contributed by atoms with Crippen LogP contribution in [0.3, 0.4) is 0 Å². The lowest BCUT2D eigenvalue weighted by atomic mass is 10.1. The molecule has 0 spiro atoms. The minimum absolute atomic E-state index is 0.0341. The van der Waals surface area contributed by atoms with E-state index in [2.05, 4.69) is 0 Å². The van der Waals surface area contributed by atoms with Crippen LogP contribution in [0, 0.1) is 11.6 Å². The Balaban J connectivity index is 2.17. The molecule has 20 heavy (non-hydrogen) atoms. The molecule has 2 rings (SSSR count). The Morgan fingerprint density at radius 3 is 2.45 bits per heavy atom. The number of hydrogen-bond donors (Lipinski definition) is 0. The Labute approximate surface area is 115 Å². The molecule has 0 bridgehead atoms. The molecule has 102 valence electrons. The maximum atomic E-state index is 13.4. The highest BCUT2D eigenvalue weighted by Crippen LogP contribution is 2.14. The van der Waals surface area contributed by atoms with Crippen LogP contribution < -0.4 is 4.74 Å². The molecule has 0 fully saturated rings. The number of carbonyl (C=O) groups is 1. The van der Waals surface area contributed by atoms with E-state index in [0.717, 1.165) is 18.2 Å². The maximum absolute atomic E-state index is 13.4. The molecule has 0 heterocycles. The summed E-state index contributed by atoms with van der Waals surface area (Å²) in [6, 6.07) is 9.60. The first-order valence-corrected chi connectivity index (χ1v) is 5.91. The number of methoxy groups -OCH3 is 1. The molecule has 0 N–H and O–H groups in total. The number of benzene rings is 2. The zero-order valence-electron chi connectivity index (χ0n) is 10.8. The zero-order chi connectivity index (χ0) is 14.5. The average molecular weight is 274 g/mol. The van der Waals surface area contributed by atoms with Crippen LogP contribution in [0.4, 0.5) is 8.78 Å². The molecule has 0 aromatic heterocycles. The first-order chi connectivity index (χ1) is 9.60. The van der Waals surface area contributed by atoms with E-state index in [-0.39, 0.29) is 11.3 Å². The minimum atomic E-state index is -0.579. The van der Waals surface area contributed by atoms with Gasteiger partial charge in [0.25, 0.3) is 0 Å². The van der Waals surface area contributed by atoms with E-state index in [9.17, 15) is 13.6 Å². The maximum Gasteiger partial charge on any atom is 0.185 e. The van der Waals surface area contributed by atoms with Gasteiger partial charge in [-0.3, -0.25) is 4.79 Å². The summed E-state index contributed by atoms with van der Waals surface area (Å²) in [4.78, 5) is 11.9. The second kappa shape index (κ2) is 6.10. The first kappa shape index (κ1) is 13.9. The van der Waals surface area contributed by atoms with Gasteiger partial charge in [0.1, 0.15) is 17.4 Å². The van der Waals surface area contributed by atoms with E-state index in [1.54, 1.807) is 24.3 Å². The molecule has 0 atom stereocenters. The standard InChI is InChI=1S/C16H12F2O2/c1-20-14-6-2-11(3-7-14)16(19)9-4-12-10-13(17)5-8-15(12)18/h2-10H,1H3/b9-4+. The molecule has 0 amide bonds. The molecule has 0 saturated heterocycles. The highest BCUT2D eigenvalue weighted by atomic mass is 19.1. The lowest BCUT2D eigenvalue weighted by molar-refractivity contribution is 0.104. The third-order valence-electron chi connectivity index (χ3n) is 2.75. The van der Waals surface area contributed by atoms with E-state index in [1.807, 2.05) is 0 Å². The molecule has 4 heteroatoms. The molecule has 0 saturated carbocycles. The van der Waals surface area contributed by atoms with Gasteiger partial charge in [0, 0.05) is 11.1 Å². The van der Waals surface area contributed by atoms with Crippen LogP contribution >= 0.6 is 0 Å². The van der Waals surface area contributed by atoms with Crippen molar-refractivity contribution in [1.29, 1.82) is 0 Å². The van der Waals surface area contributed by atoms with Gasteiger partial charge in [0.05, 0.1) is 7.11 Å². The number of ketones is 1. The molecule has 2 aromatic rings. The van der Waals surface area contributed by atoms with Gasteiger partial charge < -0.3 is 4.74 Å². The van der Waals surface area contributed by atoms with Crippen LogP contribution in [0.25, 0.3) is 6.08 Å². The highest BCUT2D eigenvalue weighted by molar-refractivity contribution is 6.06. The van der Waals surface area contributed by atoms with Gasteiger partial charge in [-0.25, -0.2) is 8.78 Å². The van der Waals surface area contributed by atoms with Crippen molar-refractivity contribution in [1.82, 2.24) is 0 Å². The fourth-order valence-electron chi connectivity index (χ4n) is 1.66. The summed E-state index contributed by atoms with van der Waals surface area (Å²) in [5.74, 6) is -0.786. The van der Waals surface area contributed by atoms with Gasteiger partial charge in [-0.2, -0.15) is 0 Å². The zero-order valence-corrected chi connectivity index (χ0v) is 10.8. The van der Waals surface area contributed by atoms with Crippen LogP contribution in [0.15, 0.2) is 48.5 Å². The Kier molecular flexibility index (Phi) is 4.25. The largest absolute Gasteiger partial charge is 0.497 e. The highest BCUT2D eigenvalue weighted by Gasteiger charge is 2.04. The summed E-state index contributed by atoms with van der Waals surface area (Å²) in [5.41, 5.74) is 0.478. The van der Waals surface area contributed by atoms with Crippen molar-refractivity contribution < 1.29 is 18.3 Å². The Morgan fingerprint density at radius 2 is 1.80 bits per heavy atom. The summed E-state index contributed by atoms with van der Waals surface area (Å²) >= 11 is 0. The number of allylic oxidation sites excluding steroid dienone is 1. The van der Waals surface area contributed by atoms with Gasteiger partial charge in [-0.05, 0) is 54.6 Å². The van der Waals surface area contributed by atoms with Crippen LogP contribution in [-0.4, -0.2) is 12.9 Å². The van der Waals surface area contributed by atoms with Crippen molar-refractivity contribution in [3.8, 4) is 5.75 Å². The Bertz CT molecular complexity index is 646. The van der Waals surface area contributed by atoms with E-state index < -0.39 is 11.6 Å². The van der Waals surface area contributed by atoms with Crippen molar-refractivity contribution in [2.24, 2.45) is 0 Å². The third-order valence-corrected chi connectivity index (χ3v) is 2.75. The van der Waals surface area contributed by atoms with Gasteiger partial charge in [-0.1, -0.05) is 0 Å². The minimum Gasteiger partial charge on any atom is -0.497 e. The fourth-order valence-corrected chi connectivity index (χ4v) is 1.66. The second-order valence-corrected chi connectivity index (χ2v) is 4.09. The SMILES string of the molecule is COc1ccc(C(=O)/C=C/c2cc(F)ccc2F)cc1. The molecule has 2 aromatic carbocycles. The van der Waals surface area contributed by atoms with E-state index in [0.29, 0.717) is 11.3 Å². The lowest BCUT2D eigenvalue weighted by Gasteiger charge is -2.00. The summed E-state index contributed by atoms with van der Waals surface area (Å²) in [6.07, 6.45) is 2.46. The molecular weight excluding hydrogens is 262 g/mol. The number of carbonyl (C=O) groups excluding carboxylic acids is 1. The van der Waals surface area contributed by atoms with Gasteiger partial charge in [-0.15, -0.1) is 0 Å². The van der Waals surface area contributed by atoms with Gasteiger partial charge in [0.2, 0.25) is 0 Å². The summed E-state index contributed by atoms with van der Waals surface area (Å²) in [5, 5.41) is 0. The first-order valence-electron chi connectivity index (χ1n) is 5.91. The molecule has 0 aliphatic carbocycles. The topological polar surface area (TPSA) is 26.3 Å². The number of rotatable bonds is 4. The molecule has 0 unspecified atom stereocenters. The van der Waals surface area contributed by atoms with Gasteiger partial charge in [0.15, 0.2) is 5.78 Å². The normalized spacial score (nSPS) is 10.8. The Morgan fingerprint density at radius 1 is 1.10 bits per heavy atom. The second-order valence-electron chi connectivity index (χ2n) is 4.09. The average Bonchev–Trinajstić information content (AvgIpc) is 2.48. The van der Waals surface area contributed by atoms with Crippen LogP contribution in [-0.2, 0) is 0 Å². The molecule has 0 aliphatic heterocycles. The molecular formula is C16H12F2O2. The summed E-state index contributed by atoms with van der Waals surface area (Å²) in [6.45, 7) is 0. The van der Waals surface area contributed by atoms with Crippen molar-refractivity contribution in [3.05, 3.63) is 71.3 Å². The van der Waals surface area contributed by atoms with Crippen molar-refractivity contribution in [2.75, 3.05) is 7.11 Å². The summed E-state index contributed by atoms with van der Waals surface area (Å²) in [7, 11) is 1.53. The number of hydrogen-bond acceptors (Lipinski definition) is 2. The van der Waals surface area contributed by atoms with Crippen molar-refractivity contribution in [3.63, 3.8) is 0 Å². The smallest absolute Gasteiger partial charge is 0.185 e. The third kappa shape index (κ3) is 3.29. The van der Waals surface area contributed by atoms with Crippen molar-refractivity contribution >= 4 is 11.9 Å². The van der Waals surface area contributed by atoms with Crippen LogP contribution in [0.2, 0.25) is 0 Å². The van der Waals surface area contributed by atoms with Crippen LogP contribution in [0.5, 0.6) is 5.75 Å². The van der Waals surface area contributed by atoms with Crippen molar-refractivity contribution in [2.45, 2.75) is 0 Å². The fraction of sp³-hybridized carbons (Fsp3) is 0.0625. The summed E-state index contributed by atoms with van der Waals surface area (Å²) < 4.78 is 31.3. The quantitative estimate of drug-likeness (QED) is 0.625. The van der Waals surface area contributed by atoms with E-state index >= 15 is 0 Å². The number of halogens is 2. The van der Waals surface area contributed by atoms with Gasteiger partial charge >= 0.3 is 0 Å². The number of ether oxygens (including phenoxy) is 1. The monoisotopic (exact) mass is 274 g/mol. The van der Waals surface area contributed by atoms with E-state index in [1.165, 1.54) is 19.3 Å². The molecule has 0 radical (unpaired) electrons. The predicted octanol–water partition coefficient (Wildman–Crippen LogP) is 3.87. The van der Waals surface area contributed by atoms with Crippen LogP contribution in [0.1, 0.15) is 15.9 Å². The Hall–Kier alpha value is -2.49. The molecule has 2 nitrogen and oxygen atoms in total. The van der Waals surface area contributed by atoms with E-state index in [4.69, 9.17) is 4.74 Å². The lowest BCUT2D eigenvalue weighted by Crippen LogP contribution is -1.94. The molecule has 0 aliphatic rings.